The first-order chi connectivity index (χ1) is 7.87. The molecule has 0 radical (unpaired) electrons. The Hall–Kier alpha value is -2.11. The third kappa shape index (κ3) is 2.35. The van der Waals surface area contributed by atoms with Gasteiger partial charge in [0.15, 0.2) is 11.3 Å². The minimum Gasteiger partial charge on any atom is -0.476 e. The van der Waals surface area contributed by atoms with E-state index in [4.69, 9.17) is 5.11 Å². The SMILES string of the molecule is CC(C)(C)Nc1ccnc2cc(C(=O)O)nn12. The van der Waals surface area contributed by atoms with Crippen molar-refractivity contribution in [2.24, 2.45) is 0 Å². The standard InChI is InChI=1S/C11H14N4O2/c1-11(2,3)13-8-4-5-12-9-6-7(10(16)17)14-15(8)9/h4-6,13H,1-3H3,(H,16,17). The Morgan fingerprint density at radius 3 is 2.76 bits per heavy atom. The Bertz CT molecular complexity index is 568. The topological polar surface area (TPSA) is 79.5 Å². The molecule has 0 atom stereocenters. The molecule has 2 aromatic rings. The van der Waals surface area contributed by atoms with Crippen molar-refractivity contribution >= 4 is 17.4 Å². The molecule has 2 heterocycles. The van der Waals surface area contributed by atoms with Crippen LogP contribution in [-0.4, -0.2) is 31.2 Å². The third-order valence-electron chi connectivity index (χ3n) is 2.08. The monoisotopic (exact) mass is 234 g/mol. The summed E-state index contributed by atoms with van der Waals surface area (Å²) >= 11 is 0. The third-order valence-corrected chi connectivity index (χ3v) is 2.08. The van der Waals surface area contributed by atoms with E-state index in [1.165, 1.54) is 10.6 Å². The molecule has 0 aliphatic carbocycles. The fourth-order valence-corrected chi connectivity index (χ4v) is 1.48. The number of rotatable bonds is 2. The molecule has 0 saturated heterocycles. The molecule has 0 fully saturated rings. The van der Waals surface area contributed by atoms with Crippen molar-refractivity contribution in [3.63, 3.8) is 0 Å². The van der Waals surface area contributed by atoms with Gasteiger partial charge in [-0.1, -0.05) is 0 Å². The second kappa shape index (κ2) is 3.73. The Morgan fingerprint density at radius 2 is 2.18 bits per heavy atom. The van der Waals surface area contributed by atoms with Gasteiger partial charge in [-0.3, -0.25) is 0 Å². The molecule has 0 unspecified atom stereocenters. The maximum atomic E-state index is 10.8. The fourth-order valence-electron chi connectivity index (χ4n) is 1.48. The minimum atomic E-state index is -1.06. The van der Waals surface area contributed by atoms with Gasteiger partial charge in [0, 0.05) is 17.8 Å². The first kappa shape index (κ1) is 11.4. The predicted molar refractivity (Wildman–Crippen MR) is 63.3 cm³/mol. The van der Waals surface area contributed by atoms with Gasteiger partial charge in [0.05, 0.1) is 0 Å². The lowest BCUT2D eigenvalue weighted by Gasteiger charge is -2.22. The molecule has 0 saturated carbocycles. The van der Waals surface area contributed by atoms with Gasteiger partial charge in [-0.05, 0) is 26.8 Å². The number of nitrogens with zero attached hydrogens (tertiary/aromatic N) is 3. The van der Waals surface area contributed by atoms with Crippen LogP contribution in [0.15, 0.2) is 18.3 Å². The van der Waals surface area contributed by atoms with Crippen LogP contribution in [0.2, 0.25) is 0 Å². The van der Waals surface area contributed by atoms with Crippen molar-refractivity contribution in [1.29, 1.82) is 0 Å². The van der Waals surface area contributed by atoms with Crippen molar-refractivity contribution in [2.75, 3.05) is 5.32 Å². The molecular weight excluding hydrogens is 220 g/mol. The van der Waals surface area contributed by atoms with Crippen LogP contribution in [0.25, 0.3) is 5.65 Å². The van der Waals surface area contributed by atoms with Crippen LogP contribution in [-0.2, 0) is 0 Å². The second-order valence-electron chi connectivity index (χ2n) is 4.81. The normalized spacial score (nSPS) is 11.7. The van der Waals surface area contributed by atoms with E-state index in [0.717, 1.165) is 5.82 Å². The highest BCUT2D eigenvalue weighted by atomic mass is 16.4. The lowest BCUT2D eigenvalue weighted by molar-refractivity contribution is 0.0690. The van der Waals surface area contributed by atoms with E-state index in [1.54, 1.807) is 12.3 Å². The molecule has 2 aromatic heterocycles. The molecule has 0 aliphatic rings. The number of hydrogen-bond acceptors (Lipinski definition) is 4. The smallest absolute Gasteiger partial charge is 0.356 e. The number of aromatic nitrogens is 3. The summed E-state index contributed by atoms with van der Waals surface area (Å²) in [6.45, 7) is 6.04. The van der Waals surface area contributed by atoms with Crippen molar-refractivity contribution in [1.82, 2.24) is 14.6 Å². The number of hydrogen-bond donors (Lipinski definition) is 2. The fraction of sp³-hybridized carbons (Fsp3) is 0.364. The van der Waals surface area contributed by atoms with Gasteiger partial charge in [-0.2, -0.15) is 9.61 Å². The molecule has 0 aliphatic heterocycles. The van der Waals surface area contributed by atoms with Crippen molar-refractivity contribution < 1.29 is 9.90 Å². The second-order valence-corrected chi connectivity index (χ2v) is 4.81. The summed E-state index contributed by atoms with van der Waals surface area (Å²) in [4.78, 5) is 14.9. The van der Waals surface area contributed by atoms with E-state index in [2.05, 4.69) is 15.4 Å². The Morgan fingerprint density at radius 1 is 1.47 bits per heavy atom. The molecular formula is C11H14N4O2. The maximum Gasteiger partial charge on any atom is 0.356 e. The first-order valence-corrected chi connectivity index (χ1v) is 5.23. The number of carboxylic acid groups (broad SMARTS) is 1. The molecule has 2 N–H and O–H groups in total. The Balaban J connectivity index is 2.53. The van der Waals surface area contributed by atoms with Crippen LogP contribution in [0.5, 0.6) is 0 Å². The van der Waals surface area contributed by atoms with Crippen molar-refractivity contribution in [2.45, 2.75) is 26.3 Å². The highest BCUT2D eigenvalue weighted by molar-refractivity contribution is 5.86. The van der Waals surface area contributed by atoms with Gasteiger partial charge in [0.2, 0.25) is 0 Å². The minimum absolute atomic E-state index is 0.0133. The van der Waals surface area contributed by atoms with E-state index in [-0.39, 0.29) is 11.2 Å². The zero-order chi connectivity index (χ0) is 12.6. The van der Waals surface area contributed by atoms with Crippen LogP contribution in [0.3, 0.4) is 0 Å². The Labute approximate surface area is 98.3 Å². The number of anilines is 1. The zero-order valence-electron chi connectivity index (χ0n) is 9.93. The molecule has 0 spiro atoms. The number of carbonyl (C=O) groups is 1. The maximum absolute atomic E-state index is 10.8. The molecule has 6 nitrogen and oxygen atoms in total. The average Bonchev–Trinajstić information content (AvgIpc) is 2.60. The summed E-state index contributed by atoms with van der Waals surface area (Å²) in [6, 6.07) is 3.20. The molecule has 6 heteroatoms. The summed E-state index contributed by atoms with van der Waals surface area (Å²) < 4.78 is 1.49. The molecule has 90 valence electrons. The highest BCUT2D eigenvalue weighted by Crippen LogP contribution is 2.15. The highest BCUT2D eigenvalue weighted by Gasteiger charge is 2.15. The quantitative estimate of drug-likeness (QED) is 0.825. The van der Waals surface area contributed by atoms with Gasteiger partial charge in [0.25, 0.3) is 0 Å². The molecule has 2 rings (SSSR count). The number of aromatic carboxylic acids is 1. The van der Waals surface area contributed by atoms with Crippen molar-refractivity contribution in [3.05, 3.63) is 24.0 Å². The summed E-state index contributed by atoms with van der Waals surface area (Å²) in [5.41, 5.74) is 0.362. The van der Waals surface area contributed by atoms with Gasteiger partial charge >= 0.3 is 5.97 Å². The van der Waals surface area contributed by atoms with Gasteiger partial charge in [-0.15, -0.1) is 0 Å². The van der Waals surface area contributed by atoms with E-state index >= 15 is 0 Å². The lowest BCUT2D eigenvalue weighted by Crippen LogP contribution is -2.27. The molecule has 17 heavy (non-hydrogen) atoms. The lowest BCUT2D eigenvalue weighted by atomic mass is 10.1. The van der Waals surface area contributed by atoms with Crippen LogP contribution in [0, 0.1) is 0 Å². The van der Waals surface area contributed by atoms with Gasteiger partial charge in [-0.25, -0.2) is 9.78 Å². The van der Waals surface area contributed by atoms with Crippen LogP contribution < -0.4 is 5.32 Å². The van der Waals surface area contributed by atoms with Gasteiger partial charge in [0.1, 0.15) is 5.82 Å². The summed E-state index contributed by atoms with van der Waals surface area (Å²) in [5, 5.41) is 16.1. The number of fused-ring (bicyclic) bond motifs is 1. The van der Waals surface area contributed by atoms with E-state index < -0.39 is 5.97 Å². The van der Waals surface area contributed by atoms with Crippen molar-refractivity contribution in [3.8, 4) is 0 Å². The number of carboxylic acids is 1. The first-order valence-electron chi connectivity index (χ1n) is 5.23. The molecule has 0 bridgehead atoms. The zero-order valence-corrected chi connectivity index (χ0v) is 9.93. The van der Waals surface area contributed by atoms with E-state index in [0.29, 0.717) is 5.65 Å². The summed E-state index contributed by atoms with van der Waals surface area (Å²) in [5.74, 6) is -0.341. The Kier molecular flexibility index (Phi) is 2.49. The van der Waals surface area contributed by atoms with Gasteiger partial charge < -0.3 is 10.4 Å². The molecule has 0 aromatic carbocycles. The summed E-state index contributed by atoms with van der Waals surface area (Å²) in [7, 11) is 0. The molecule has 0 amide bonds. The van der Waals surface area contributed by atoms with Crippen LogP contribution in [0.4, 0.5) is 5.82 Å². The predicted octanol–water partition coefficient (Wildman–Crippen LogP) is 1.64. The summed E-state index contributed by atoms with van der Waals surface area (Å²) in [6.07, 6.45) is 1.62. The van der Waals surface area contributed by atoms with Crippen LogP contribution in [0.1, 0.15) is 31.3 Å². The average molecular weight is 234 g/mol. The number of nitrogens with one attached hydrogen (secondary N) is 1. The van der Waals surface area contributed by atoms with Crippen LogP contribution >= 0.6 is 0 Å². The largest absolute Gasteiger partial charge is 0.476 e. The van der Waals surface area contributed by atoms with E-state index in [9.17, 15) is 4.79 Å². The van der Waals surface area contributed by atoms with E-state index in [1.807, 2.05) is 20.8 Å².